The van der Waals surface area contributed by atoms with Gasteiger partial charge in [0.2, 0.25) is 0 Å². The average Bonchev–Trinajstić information content (AvgIpc) is 1.63. The third-order valence-corrected chi connectivity index (χ3v) is 42.4. The van der Waals surface area contributed by atoms with Crippen LogP contribution in [0.2, 0.25) is 0 Å². The number of nitrogens with zero attached hydrogens (tertiary/aromatic N) is 22. The summed E-state index contributed by atoms with van der Waals surface area (Å²) < 4.78 is 51.5. The molecular weight excluding hydrogens is 1840 g/mol. The predicted molar refractivity (Wildman–Crippen MR) is 500 cm³/mol. The van der Waals surface area contributed by atoms with Crippen molar-refractivity contribution in [2.24, 2.45) is 34.0 Å². The van der Waals surface area contributed by atoms with E-state index < -0.39 is 23.5 Å². The van der Waals surface area contributed by atoms with Crippen LogP contribution in [0.15, 0.2) is 156 Å². The van der Waals surface area contributed by atoms with Crippen LogP contribution in [0, 0.1) is 18.6 Å². The summed E-state index contributed by atoms with van der Waals surface area (Å²) in [5.41, 5.74) is 8.34. The molecule has 1 amide bonds. The van der Waals surface area contributed by atoms with Crippen LogP contribution in [0.4, 0.5) is 14.6 Å². The van der Waals surface area contributed by atoms with Crippen molar-refractivity contribution in [3.8, 4) is 34.2 Å². The maximum Gasteiger partial charge on any atom is 0.338 e. The predicted octanol–water partition coefficient (Wildman–Crippen LogP) is 6.66. The van der Waals surface area contributed by atoms with Crippen molar-refractivity contribution in [3.63, 3.8) is 0 Å². The summed E-state index contributed by atoms with van der Waals surface area (Å²) in [6, 6.07) is 23.2. The number of rotatable bonds is 11. The summed E-state index contributed by atoms with van der Waals surface area (Å²) in [4.78, 5) is 67.7. The van der Waals surface area contributed by atoms with E-state index in [2.05, 4.69) is 120 Å². The number of carboxylic acid groups (broad SMARTS) is 1. The number of carbonyl (C=O) groups is 3. The lowest BCUT2D eigenvalue weighted by Crippen LogP contribution is -2.40. The molecule has 17 rings (SSSR count). The van der Waals surface area contributed by atoms with Crippen LogP contribution in [0.3, 0.4) is 0 Å². The van der Waals surface area contributed by atoms with E-state index in [9.17, 15) is 32.8 Å². The fourth-order valence-corrected chi connectivity index (χ4v) is 40.1. The van der Waals surface area contributed by atoms with Crippen LogP contribution in [-0.2, 0) is 190 Å². The summed E-state index contributed by atoms with van der Waals surface area (Å²) in [5, 5.41) is 73.0. The lowest BCUT2D eigenvalue weighted by Gasteiger charge is -2.32. The van der Waals surface area contributed by atoms with Crippen molar-refractivity contribution in [1.29, 1.82) is 0 Å². The zero-order valence-corrected chi connectivity index (χ0v) is 77.1. The molecule has 642 valence electrons. The van der Waals surface area contributed by atoms with Gasteiger partial charge >= 0.3 is 5.97 Å². The first-order valence-corrected chi connectivity index (χ1v) is 53.5. The molecular formula is C72H80F2N28O6S14. The molecule has 8 N–H and O–H groups in total. The highest BCUT2D eigenvalue weighted by Crippen LogP contribution is 2.31. The van der Waals surface area contributed by atoms with Crippen LogP contribution in [0.25, 0.3) is 55.7 Å². The van der Waals surface area contributed by atoms with Gasteiger partial charge < -0.3 is 39.8 Å². The van der Waals surface area contributed by atoms with E-state index in [0.717, 1.165) is 89.6 Å². The molecule has 34 nitrogen and oxygen atoms in total. The van der Waals surface area contributed by atoms with Gasteiger partial charge in [0.15, 0.2) is 35.4 Å². The Kier molecular flexibility index (Phi) is 34.1. The molecule has 0 radical (unpaired) electrons. The Bertz CT molecular complexity index is 6720. The number of nitrogen functional groups attached to an aromatic ring is 1. The number of aromatic amines is 2. The molecule has 0 saturated carbocycles. The molecule has 50 heteroatoms. The Hall–Kier alpha value is -10.3. The number of nitrogens with one attached hydrogen (secondary N) is 5. The van der Waals surface area contributed by atoms with E-state index in [1.165, 1.54) is 42.2 Å². The smallest absolute Gasteiger partial charge is 0.338 e. The molecule has 0 fully saturated rings. The van der Waals surface area contributed by atoms with Gasteiger partial charge in [0.1, 0.15) is 23.3 Å². The molecule has 0 spiro atoms. The van der Waals surface area contributed by atoms with Crippen molar-refractivity contribution in [3.05, 3.63) is 242 Å². The highest BCUT2D eigenvalue weighted by molar-refractivity contribution is 8.76. The molecule has 122 heavy (non-hydrogen) atoms. The van der Waals surface area contributed by atoms with E-state index in [0.29, 0.717) is 86.8 Å². The van der Waals surface area contributed by atoms with E-state index in [4.69, 9.17) is 36.3 Å². The first-order valence-electron chi connectivity index (χ1n) is 37.2. The quantitative estimate of drug-likeness (QED) is 0.0404. The zero-order valence-electron chi connectivity index (χ0n) is 67.7. The Morgan fingerprint density at radius 1 is 0.574 bits per heavy atom. The molecule has 3 aliphatic rings. The second kappa shape index (κ2) is 45.7. The molecule has 3 aliphatic heterocycles. The number of aromatic carboxylic acids is 1. The molecule has 14 aromatic rings. The first-order chi connectivity index (χ1) is 60.0. The number of halogens is 2. The molecule has 3 atom stereocenters. The second-order valence-electron chi connectivity index (χ2n) is 26.6. The molecule has 0 aliphatic carbocycles. The number of hydrogen-bond donors (Lipinski definition) is 7. The number of fused-ring (bicyclic) bond motifs is 5. The number of nitrogens with two attached hydrogens (primary N) is 1. The van der Waals surface area contributed by atoms with E-state index in [1.54, 1.807) is 193 Å². The summed E-state index contributed by atoms with van der Waals surface area (Å²) >= 11 is 9.43. The van der Waals surface area contributed by atoms with Gasteiger partial charge in [-0.25, -0.2) is 34.6 Å². The van der Waals surface area contributed by atoms with Crippen molar-refractivity contribution < 1.29 is 32.7 Å². The number of amides is 1. The number of aryl methyl sites for hydroxylation is 5. The minimum Gasteiger partial charge on any atom is -0.478 e. The highest BCUT2D eigenvalue weighted by Gasteiger charge is 2.32. The summed E-state index contributed by atoms with van der Waals surface area (Å²) in [5.74, 6) is 7.69. The normalized spacial score (nSPS) is 13.9. The van der Waals surface area contributed by atoms with Crippen LogP contribution in [-0.4, -0.2) is 162 Å². The van der Waals surface area contributed by atoms with Crippen LogP contribution in [0.1, 0.15) is 120 Å². The van der Waals surface area contributed by atoms with Gasteiger partial charge in [0.05, 0.1) is 118 Å². The lowest BCUT2D eigenvalue weighted by molar-refractivity contribution is 0.0673. The number of hydrogen-bond acceptors (Lipinski definition) is 25. The zero-order chi connectivity index (χ0) is 88.8. The number of benzene rings is 4. The van der Waals surface area contributed by atoms with Gasteiger partial charge in [-0.3, -0.25) is 42.9 Å². The SMILES string of the molecule is CC1CN(C(=O)c2cc(Cc3n[nH]c(=O)c4ccccc34)ccc2F)Cc2nnc(-c3cnn(C)c3)n21.CC1CNCc2nnc(-c3cnn(C)c3)n21.CC1CNCc2nnc(-c3cnn(C)c3)n21.Cc1cncc(NN)n1.Cn1cc(C=O)cn1.O=C(O)c1cc(Cc2n[nH]c(=O)c3ccccc23)ccc1F.S=S=S=S=S=S=S=S=S=S=S=S=S=S.[2H][2H].[HH]. The standard InChI is InChI=1S/C26H23FN8O2.C16H11FN2O3.2C10H14N6.C5H8N4.C5H6N2O.S14.2H2/c1-15-12-34(14-23-30-31-24(35(15)23)17-11-28-33(2)13-17)26(37)20-9-16(7-8-21(20)27)10-22-18-5-3-4-6-19(18)25(36)32-29-22;17-13-6-5-9(7-12(13)16(21)22)8-14-10-3-1-2-4-11(10)15(20)19-18-14;2*1-7-3-11-5-9-13-14-10(16(7)9)8-4-12-15(2)6-8;1-4-2-7-3-5(8-4)9-6;1-7-3-5(4-8)2-6-7;1-3-5-7-9-11-13-14-12-10-8-6-4-2;;/h3-9,11,13,15H,10,12,14H2,1-2H3,(H,32,36);1-7H,8H2,(H,19,20)(H,21,22);2*4,6-7,11H,3,5H2,1-2H3;2-3H,6H2,1H3,(H,8,9);2-4H,1H3;;2*1H/i;;;;;;;1+1D;. The van der Waals surface area contributed by atoms with Crippen molar-refractivity contribution >= 4 is 174 Å². The Labute approximate surface area is 743 Å². The fraction of sp³-hybridized carbons (Fsp3) is 0.264. The van der Waals surface area contributed by atoms with Crippen molar-refractivity contribution in [2.75, 3.05) is 25.1 Å². The number of aromatic nitrogens is 23. The Morgan fingerprint density at radius 2 is 0.992 bits per heavy atom. The molecule has 4 aromatic carbocycles. The molecule has 10 aromatic heterocycles. The monoisotopic (exact) mass is 1920 g/mol. The number of carboxylic acids is 1. The van der Waals surface area contributed by atoms with Crippen LogP contribution in [0.5, 0.6) is 0 Å². The van der Waals surface area contributed by atoms with Crippen molar-refractivity contribution in [1.82, 2.24) is 129 Å². The number of carbonyl (C=O) groups excluding carboxylic acids is 2. The van der Waals surface area contributed by atoms with E-state index in [-0.39, 0.29) is 42.7 Å². The third-order valence-electron chi connectivity index (χ3n) is 17.9. The van der Waals surface area contributed by atoms with Gasteiger partial charge in [-0.15, -0.1) is 30.6 Å². The van der Waals surface area contributed by atoms with Crippen LogP contribution < -0.4 is 33.0 Å². The van der Waals surface area contributed by atoms with Gasteiger partial charge in [-0.1, -0.05) is 48.5 Å². The largest absolute Gasteiger partial charge is 0.478 e. The first kappa shape index (κ1) is 90.9. The Balaban J connectivity index is 0.000000174. The average molecular weight is 1920 g/mol. The van der Waals surface area contributed by atoms with Gasteiger partial charge in [-0.2, -0.15) is 30.6 Å². The molecule has 0 saturated heterocycles. The van der Waals surface area contributed by atoms with E-state index >= 15 is 0 Å². The summed E-state index contributed by atoms with van der Waals surface area (Å²) in [7, 11) is 27.3. The third kappa shape index (κ3) is 25.0. The van der Waals surface area contributed by atoms with Crippen LogP contribution >= 0.6 is 0 Å². The van der Waals surface area contributed by atoms with Gasteiger partial charge in [-0.05, 0) is 75.2 Å². The number of hydrazine groups is 1. The lowest BCUT2D eigenvalue weighted by atomic mass is 10.0. The minimum atomic E-state index is -1.32. The van der Waals surface area contributed by atoms with Gasteiger partial charge in [0.25, 0.3) is 17.0 Å². The fourth-order valence-electron chi connectivity index (χ4n) is 12.7. The van der Waals surface area contributed by atoms with E-state index in [1.807, 2.05) is 82.7 Å². The van der Waals surface area contributed by atoms with Gasteiger partial charge in [0, 0.05) is 248 Å². The topological polar surface area (TPSA) is 417 Å². The minimum absolute atomic E-state index is 0. The second-order valence-corrected chi connectivity index (χ2v) is 47.8. The molecule has 0 bridgehead atoms. The highest BCUT2D eigenvalue weighted by atomic mass is 33.5. The maximum atomic E-state index is 14.9. The van der Waals surface area contributed by atoms with Crippen molar-refractivity contribution in [2.45, 2.75) is 78.3 Å². The number of aldehydes is 1. The maximum absolute atomic E-state index is 14.9. The molecule has 13 heterocycles. The summed E-state index contributed by atoms with van der Waals surface area (Å²) in [6.45, 7) is 12.3. The molecule has 3 unspecified atom stereocenters. The summed E-state index contributed by atoms with van der Waals surface area (Å²) in [6.07, 6.45) is 19.0. The number of H-pyrrole nitrogens is 2. The number of anilines is 1. The Morgan fingerprint density at radius 3 is 1.39 bits per heavy atom.